The summed E-state index contributed by atoms with van der Waals surface area (Å²) in [7, 11) is 0. The van der Waals surface area contributed by atoms with Gasteiger partial charge >= 0.3 is 0 Å². The minimum atomic E-state index is 0.346. The molecule has 0 saturated carbocycles. The molecule has 2 rings (SSSR count). The van der Waals surface area contributed by atoms with Crippen LogP contribution in [0.4, 0.5) is 5.69 Å². The van der Waals surface area contributed by atoms with E-state index in [0.29, 0.717) is 11.8 Å². The van der Waals surface area contributed by atoms with E-state index in [1.54, 1.807) is 0 Å². The number of hydrogen-bond acceptors (Lipinski definition) is 3. The Labute approximate surface area is 91.7 Å². The maximum Gasteiger partial charge on any atom is 0.124 e. The van der Waals surface area contributed by atoms with Gasteiger partial charge in [0, 0.05) is 10.4 Å². The second-order valence-electron chi connectivity index (χ2n) is 3.48. The van der Waals surface area contributed by atoms with E-state index in [-0.39, 0.29) is 0 Å². The van der Waals surface area contributed by atoms with Gasteiger partial charge in [-0.1, -0.05) is 22.9 Å². The third-order valence-corrected chi connectivity index (χ3v) is 2.84. The summed E-state index contributed by atoms with van der Waals surface area (Å²) in [6, 6.07) is 8.06. The number of nitrogens with two attached hydrogens (primary N) is 1. The first-order valence-electron chi connectivity index (χ1n) is 4.54. The number of halogens is 1. The fourth-order valence-corrected chi connectivity index (χ4v) is 1.67. The minimum absolute atomic E-state index is 0.346. The maximum absolute atomic E-state index is 5.73. The van der Waals surface area contributed by atoms with Crippen LogP contribution in [-0.2, 0) is 0 Å². The molecule has 1 aromatic rings. The van der Waals surface area contributed by atoms with Crippen molar-refractivity contribution in [2.45, 2.75) is 6.92 Å². The minimum Gasteiger partial charge on any atom is -0.385 e. The number of amidine groups is 1. The van der Waals surface area contributed by atoms with E-state index in [4.69, 9.17) is 5.73 Å². The molecule has 14 heavy (non-hydrogen) atoms. The molecule has 0 aliphatic carbocycles. The topological polar surface area (TPSA) is 41.6 Å². The van der Waals surface area contributed by atoms with Gasteiger partial charge in [-0.25, -0.2) is 0 Å². The van der Waals surface area contributed by atoms with Crippen LogP contribution in [0.1, 0.15) is 6.92 Å². The highest BCUT2D eigenvalue weighted by molar-refractivity contribution is 9.10. The van der Waals surface area contributed by atoms with Gasteiger partial charge in [-0.05, 0) is 24.3 Å². The zero-order valence-corrected chi connectivity index (χ0v) is 9.53. The number of hydrogen-bond donors (Lipinski definition) is 1. The number of benzene rings is 1. The molecule has 1 unspecified atom stereocenters. The number of hydrazone groups is 1. The van der Waals surface area contributed by atoms with Crippen molar-refractivity contribution in [1.29, 1.82) is 0 Å². The van der Waals surface area contributed by atoms with Gasteiger partial charge in [-0.15, -0.1) is 0 Å². The highest BCUT2D eigenvalue weighted by Gasteiger charge is 2.20. The molecule has 0 bridgehead atoms. The number of nitrogens with zero attached hydrogens (tertiary/aromatic N) is 2. The summed E-state index contributed by atoms with van der Waals surface area (Å²) in [6.45, 7) is 2.95. The van der Waals surface area contributed by atoms with E-state index < -0.39 is 0 Å². The van der Waals surface area contributed by atoms with E-state index in [0.717, 1.165) is 16.7 Å². The molecule has 1 heterocycles. The predicted molar refractivity (Wildman–Crippen MR) is 62.3 cm³/mol. The quantitative estimate of drug-likeness (QED) is 0.834. The smallest absolute Gasteiger partial charge is 0.124 e. The third-order valence-electron chi connectivity index (χ3n) is 2.31. The maximum atomic E-state index is 5.73. The summed E-state index contributed by atoms with van der Waals surface area (Å²) in [5.74, 6) is 1.06. The molecule has 0 radical (unpaired) electrons. The van der Waals surface area contributed by atoms with Crippen molar-refractivity contribution >= 4 is 27.5 Å². The van der Waals surface area contributed by atoms with Gasteiger partial charge in [-0.3, -0.25) is 5.01 Å². The van der Waals surface area contributed by atoms with Gasteiger partial charge < -0.3 is 5.73 Å². The molecule has 0 fully saturated rings. The Morgan fingerprint density at radius 3 is 2.57 bits per heavy atom. The van der Waals surface area contributed by atoms with Crippen molar-refractivity contribution in [3.05, 3.63) is 28.7 Å². The molecule has 1 atom stereocenters. The molecule has 1 aliphatic rings. The van der Waals surface area contributed by atoms with Crippen LogP contribution in [0.25, 0.3) is 0 Å². The summed E-state index contributed by atoms with van der Waals surface area (Å²) in [4.78, 5) is 0. The fraction of sp³-hybridized carbons (Fsp3) is 0.300. The van der Waals surface area contributed by atoms with Crippen molar-refractivity contribution in [3.63, 3.8) is 0 Å². The average molecular weight is 254 g/mol. The Morgan fingerprint density at radius 1 is 1.43 bits per heavy atom. The molecule has 1 aliphatic heterocycles. The van der Waals surface area contributed by atoms with E-state index >= 15 is 0 Å². The monoisotopic (exact) mass is 253 g/mol. The summed E-state index contributed by atoms with van der Waals surface area (Å²) in [5.41, 5.74) is 6.82. The van der Waals surface area contributed by atoms with Gasteiger partial charge in [0.15, 0.2) is 0 Å². The summed E-state index contributed by atoms with van der Waals surface area (Å²) >= 11 is 3.40. The van der Waals surface area contributed by atoms with Crippen LogP contribution in [0.3, 0.4) is 0 Å². The Balaban J connectivity index is 2.22. The summed E-state index contributed by atoms with van der Waals surface area (Å²) in [6.07, 6.45) is 0. The van der Waals surface area contributed by atoms with Gasteiger partial charge in [-0.2, -0.15) is 5.10 Å². The molecule has 1 aromatic carbocycles. The lowest BCUT2D eigenvalue weighted by atomic mass is 10.2. The number of rotatable bonds is 1. The van der Waals surface area contributed by atoms with E-state index in [9.17, 15) is 0 Å². The largest absolute Gasteiger partial charge is 0.385 e. The molecular formula is C10H12BrN3. The SMILES string of the molecule is CC1CN(c2ccc(Br)cc2)N=C1N. The zero-order valence-electron chi connectivity index (χ0n) is 7.94. The van der Waals surface area contributed by atoms with Crippen molar-refractivity contribution < 1.29 is 0 Å². The van der Waals surface area contributed by atoms with Crippen LogP contribution in [0.15, 0.2) is 33.8 Å². The Hall–Kier alpha value is -1.03. The molecule has 74 valence electrons. The fourth-order valence-electron chi connectivity index (χ4n) is 1.41. The molecule has 0 saturated heterocycles. The first kappa shape index (κ1) is 9.52. The molecule has 4 heteroatoms. The van der Waals surface area contributed by atoms with Crippen molar-refractivity contribution in [3.8, 4) is 0 Å². The van der Waals surface area contributed by atoms with Crippen LogP contribution < -0.4 is 10.7 Å². The van der Waals surface area contributed by atoms with E-state index in [1.165, 1.54) is 0 Å². The van der Waals surface area contributed by atoms with Crippen LogP contribution >= 0.6 is 15.9 Å². The third kappa shape index (κ3) is 1.75. The predicted octanol–water partition coefficient (Wildman–Crippen LogP) is 2.18. The average Bonchev–Trinajstić information content (AvgIpc) is 2.48. The van der Waals surface area contributed by atoms with E-state index in [1.807, 2.05) is 29.3 Å². The van der Waals surface area contributed by atoms with Crippen LogP contribution in [0, 0.1) is 5.92 Å². The van der Waals surface area contributed by atoms with Gasteiger partial charge in [0.1, 0.15) is 5.84 Å². The Kier molecular flexibility index (Phi) is 2.46. The highest BCUT2D eigenvalue weighted by Crippen LogP contribution is 2.22. The normalized spacial score (nSPS) is 21.1. The lowest BCUT2D eigenvalue weighted by molar-refractivity contribution is 0.773. The Morgan fingerprint density at radius 2 is 2.07 bits per heavy atom. The molecule has 0 aromatic heterocycles. The lowest BCUT2D eigenvalue weighted by Gasteiger charge is -2.13. The molecule has 0 spiro atoms. The first-order chi connectivity index (χ1) is 6.66. The van der Waals surface area contributed by atoms with Gasteiger partial charge in [0.2, 0.25) is 0 Å². The standard InChI is InChI=1S/C10H12BrN3/c1-7-6-14(13-10(7)12)9-4-2-8(11)3-5-9/h2-5,7H,6H2,1H3,(H2,12,13). The highest BCUT2D eigenvalue weighted by atomic mass is 79.9. The second kappa shape index (κ2) is 3.61. The summed E-state index contributed by atoms with van der Waals surface area (Å²) in [5, 5.41) is 6.22. The van der Waals surface area contributed by atoms with Crippen LogP contribution in [0.2, 0.25) is 0 Å². The van der Waals surface area contributed by atoms with Crippen molar-refractivity contribution in [2.24, 2.45) is 16.8 Å². The zero-order chi connectivity index (χ0) is 10.1. The second-order valence-corrected chi connectivity index (χ2v) is 4.40. The van der Waals surface area contributed by atoms with Crippen LogP contribution in [-0.4, -0.2) is 12.4 Å². The lowest BCUT2D eigenvalue weighted by Crippen LogP contribution is -2.20. The van der Waals surface area contributed by atoms with Crippen molar-refractivity contribution in [1.82, 2.24) is 0 Å². The summed E-state index contributed by atoms with van der Waals surface area (Å²) < 4.78 is 1.07. The molecule has 0 amide bonds. The van der Waals surface area contributed by atoms with Gasteiger partial charge in [0.25, 0.3) is 0 Å². The van der Waals surface area contributed by atoms with Crippen LogP contribution in [0.5, 0.6) is 0 Å². The molecular weight excluding hydrogens is 242 g/mol. The van der Waals surface area contributed by atoms with Gasteiger partial charge in [0.05, 0.1) is 12.2 Å². The first-order valence-corrected chi connectivity index (χ1v) is 5.33. The Bertz CT molecular complexity index is 358. The van der Waals surface area contributed by atoms with Crippen molar-refractivity contribution in [2.75, 3.05) is 11.6 Å². The molecule has 2 N–H and O–H groups in total. The van der Waals surface area contributed by atoms with E-state index in [2.05, 4.69) is 28.0 Å². The number of anilines is 1. The molecule has 3 nitrogen and oxygen atoms in total.